The summed E-state index contributed by atoms with van der Waals surface area (Å²) in [4.78, 5) is 11.9. The summed E-state index contributed by atoms with van der Waals surface area (Å²) < 4.78 is 10.6. The van der Waals surface area contributed by atoms with Crippen LogP contribution >= 0.6 is 0 Å². The maximum absolute atomic E-state index is 5.64. The lowest BCUT2D eigenvalue weighted by atomic mass is 10.4. The Morgan fingerprint density at radius 1 is 1.18 bits per heavy atom. The van der Waals surface area contributed by atoms with E-state index in [9.17, 15) is 0 Å². The quantitative estimate of drug-likeness (QED) is 0.864. The number of nitrogens with two attached hydrogens (primary N) is 1. The molecule has 17 heavy (non-hydrogen) atoms. The Morgan fingerprint density at radius 3 is 2.65 bits per heavy atom. The van der Waals surface area contributed by atoms with E-state index in [0.29, 0.717) is 11.5 Å². The van der Waals surface area contributed by atoms with Gasteiger partial charge in [0.2, 0.25) is 5.75 Å². The SMILES string of the molecule is COc1c(N)ncnc1Oc1ccc(C)nc1. The van der Waals surface area contributed by atoms with Crippen LogP contribution < -0.4 is 15.2 Å². The number of hydrogen-bond donors (Lipinski definition) is 1. The molecule has 0 bridgehead atoms. The highest BCUT2D eigenvalue weighted by atomic mass is 16.5. The topological polar surface area (TPSA) is 83.2 Å². The summed E-state index contributed by atoms with van der Waals surface area (Å²) in [5, 5.41) is 0. The van der Waals surface area contributed by atoms with Crippen LogP contribution in [-0.2, 0) is 0 Å². The summed E-state index contributed by atoms with van der Waals surface area (Å²) in [5.41, 5.74) is 6.55. The molecule has 6 nitrogen and oxygen atoms in total. The Balaban J connectivity index is 2.29. The molecule has 0 aliphatic heterocycles. The molecule has 2 N–H and O–H groups in total. The van der Waals surface area contributed by atoms with Gasteiger partial charge in [0.25, 0.3) is 5.88 Å². The smallest absolute Gasteiger partial charge is 0.268 e. The van der Waals surface area contributed by atoms with E-state index < -0.39 is 0 Å². The van der Waals surface area contributed by atoms with Crippen molar-refractivity contribution in [2.24, 2.45) is 0 Å². The first kappa shape index (κ1) is 11.1. The predicted octanol–water partition coefficient (Wildman–Crippen LogP) is 1.56. The van der Waals surface area contributed by atoms with Gasteiger partial charge in [0.1, 0.15) is 12.1 Å². The van der Waals surface area contributed by atoms with Crippen molar-refractivity contribution in [1.82, 2.24) is 15.0 Å². The maximum Gasteiger partial charge on any atom is 0.268 e. The number of aromatic nitrogens is 3. The fourth-order valence-corrected chi connectivity index (χ4v) is 1.26. The number of anilines is 1. The zero-order valence-corrected chi connectivity index (χ0v) is 9.54. The third-order valence-corrected chi connectivity index (χ3v) is 2.10. The summed E-state index contributed by atoms with van der Waals surface area (Å²) in [6, 6.07) is 3.63. The minimum atomic E-state index is 0.234. The van der Waals surface area contributed by atoms with Crippen molar-refractivity contribution < 1.29 is 9.47 Å². The Morgan fingerprint density at radius 2 is 2.00 bits per heavy atom. The number of rotatable bonds is 3. The Bertz CT molecular complexity index is 513. The van der Waals surface area contributed by atoms with Crippen LogP contribution in [-0.4, -0.2) is 22.1 Å². The van der Waals surface area contributed by atoms with Gasteiger partial charge < -0.3 is 15.2 Å². The molecule has 0 unspecified atom stereocenters. The molecule has 0 amide bonds. The van der Waals surface area contributed by atoms with Crippen LogP contribution in [0.4, 0.5) is 5.82 Å². The van der Waals surface area contributed by atoms with Crippen LogP contribution in [0.2, 0.25) is 0 Å². The van der Waals surface area contributed by atoms with Crippen molar-refractivity contribution in [3.8, 4) is 17.4 Å². The van der Waals surface area contributed by atoms with Gasteiger partial charge >= 0.3 is 0 Å². The number of pyridine rings is 1. The van der Waals surface area contributed by atoms with Crippen molar-refractivity contribution in [2.45, 2.75) is 6.92 Å². The van der Waals surface area contributed by atoms with Crippen molar-refractivity contribution in [2.75, 3.05) is 12.8 Å². The number of hydrogen-bond acceptors (Lipinski definition) is 6. The second-order valence-corrected chi connectivity index (χ2v) is 3.33. The van der Waals surface area contributed by atoms with E-state index >= 15 is 0 Å². The molecule has 2 aromatic heterocycles. The molecule has 0 fully saturated rings. The number of methoxy groups -OCH3 is 1. The zero-order chi connectivity index (χ0) is 12.3. The lowest BCUT2D eigenvalue weighted by molar-refractivity contribution is 0.369. The van der Waals surface area contributed by atoms with Gasteiger partial charge in [-0.3, -0.25) is 4.98 Å². The fraction of sp³-hybridized carbons (Fsp3) is 0.182. The number of nitrogens with zero attached hydrogens (tertiary/aromatic N) is 3. The lowest BCUT2D eigenvalue weighted by Gasteiger charge is -2.09. The van der Waals surface area contributed by atoms with Gasteiger partial charge in [-0.05, 0) is 19.1 Å². The zero-order valence-electron chi connectivity index (χ0n) is 9.54. The fourth-order valence-electron chi connectivity index (χ4n) is 1.26. The summed E-state index contributed by atoms with van der Waals surface area (Å²) in [7, 11) is 1.48. The van der Waals surface area contributed by atoms with E-state index in [4.69, 9.17) is 15.2 Å². The summed E-state index contributed by atoms with van der Waals surface area (Å²) in [5.74, 6) is 1.38. The monoisotopic (exact) mass is 232 g/mol. The minimum Gasteiger partial charge on any atom is -0.489 e. The van der Waals surface area contributed by atoms with E-state index in [1.165, 1.54) is 13.4 Å². The van der Waals surface area contributed by atoms with Crippen LogP contribution in [0.3, 0.4) is 0 Å². The molecule has 2 heterocycles. The Hall–Kier alpha value is -2.37. The number of nitrogen functional groups attached to an aromatic ring is 1. The molecule has 0 spiro atoms. The van der Waals surface area contributed by atoms with E-state index in [1.807, 2.05) is 13.0 Å². The molecule has 0 aliphatic rings. The van der Waals surface area contributed by atoms with Crippen LogP contribution in [0, 0.1) is 6.92 Å². The van der Waals surface area contributed by atoms with Crippen molar-refractivity contribution >= 4 is 5.82 Å². The molecular weight excluding hydrogens is 220 g/mol. The van der Waals surface area contributed by atoms with Gasteiger partial charge in [-0.25, -0.2) is 4.98 Å². The summed E-state index contributed by atoms with van der Waals surface area (Å²) in [6.07, 6.45) is 2.92. The molecule has 2 aromatic rings. The molecule has 6 heteroatoms. The van der Waals surface area contributed by atoms with Crippen LogP contribution in [0.25, 0.3) is 0 Å². The van der Waals surface area contributed by atoms with E-state index in [-0.39, 0.29) is 11.7 Å². The van der Waals surface area contributed by atoms with Gasteiger partial charge in [0.15, 0.2) is 5.82 Å². The second-order valence-electron chi connectivity index (χ2n) is 3.33. The predicted molar refractivity (Wildman–Crippen MR) is 62.0 cm³/mol. The highest BCUT2D eigenvalue weighted by molar-refractivity contribution is 5.52. The van der Waals surface area contributed by atoms with E-state index in [1.54, 1.807) is 12.3 Å². The molecule has 0 saturated heterocycles. The highest BCUT2D eigenvalue weighted by Gasteiger charge is 2.11. The number of aryl methyl sites for hydroxylation is 1. The molecule has 88 valence electrons. The van der Waals surface area contributed by atoms with Crippen LogP contribution in [0.5, 0.6) is 17.4 Å². The first-order valence-corrected chi connectivity index (χ1v) is 4.95. The lowest BCUT2D eigenvalue weighted by Crippen LogP contribution is -2.00. The molecule has 0 atom stereocenters. The van der Waals surface area contributed by atoms with Gasteiger partial charge in [0.05, 0.1) is 13.3 Å². The van der Waals surface area contributed by atoms with E-state index in [2.05, 4.69) is 15.0 Å². The largest absolute Gasteiger partial charge is 0.489 e. The van der Waals surface area contributed by atoms with Crippen molar-refractivity contribution in [1.29, 1.82) is 0 Å². The molecule has 2 rings (SSSR count). The van der Waals surface area contributed by atoms with Gasteiger partial charge in [0, 0.05) is 5.69 Å². The van der Waals surface area contributed by atoms with E-state index in [0.717, 1.165) is 5.69 Å². The molecule has 0 aliphatic carbocycles. The average molecular weight is 232 g/mol. The maximum atomic E-state index is 5.64. The highest BCUT2D eigenvalue weighted by Crippen LogP contribution is 2.31. The van der Waals surface area contributed by atoms with Gasteiger partial charge in [-0.1, -0.05) is 0 Å². The van der Waals surface area contributed by atoms with Crippen LogP contribution in [0.15, 0.2) is 24.7 Å². The molecule has 0 aromatic carbocycles. The Labute approximate surface area is 98.4 Å². The summed E-state index contributed by atoms with van der Waals surface area (Å²) in [6.45, 7) is 1.90. The van der Waals surface area contributed by atoms with Crippen molar-refractivity contribution in [3.63, 3.8) is 0 Å². The van der Waals surface area contributed by atoms with Gasteiger partial charge in [-0.2, -0.15) is 4.98 Å². The number of ether oxygens (including phenoxy) is 2. The Kier molecular flexibility index (Phi) is 3.04. The normalized spacial score (nSPS) is 10.0. The van der Waals surface area contributed by atoms with Crippen LogP contribution in [0.1, 0.15) is 5.69 Å². The van der Waals surface area contributed by atoms with Gasteiger partial charge in [-0.15, -0.1) is 0 Å². The molecular formula is C11H12N4O2. The third kappa shape index (κ3) is 2.41. The molecule has 0 radical (unpaired) electrons. The first-order chi connectivity index (χ1) is 8.20. The first-order valence-electron chi connectivity index (χ1n) is 4.95. The molecule has 0 saturated carbocycles. The second kappa shape index (κ2) is 4.65. The van der Waals surface area contributed by atoms with Crippen molar-refractivity contribution in [3.05, 3.63) is 30.4 Å². The average Bonchev–Trinajstić information content (AvgIpc) is 2.32. The third-order valence-electron chi connectivity index (χ3n) is 2.10. The summed E-state index contributed by atoms with van der Waals surface area (Å²) >= 11 is 0. The standard InChI is InChI=1S/C11H12N4O2/c1-7-3-4-8(5-13-7)17-11-9(16-2)10(12)14-6-15-11/h3-6H,1-2H3,(H2,12,14,15). The minimum absolute atomic E-state index is 0.234.